The number of furan rings is 1. The van der Waals surface area contributed by atoms with Crippen molar-refractivity contribution >= 4 is 11.9 Å². The molecule has 3 aromatic rings. The summed E-state index contributed by atoms with van der Waals surface area (Å²) >= 11 is 0. The van der Waals surface area contributed by atoms with Crippen molar-refractivity contribution in [3.8, 4) is 0 Å². The van der Waals surface area contributed by atoms with Gasteiger partial charge in [-0.25, -0.2) is 9.59 Å². The molecule has 6 nitrogen and oxygen atoms in total. The van der Waals surface area contributed by atoms with E-state index in [0.29, 0.717) is 17.5 Å². The Labute approximate surface area is 235 Å². The summed E-state index contributed by atoms with van der Waals surface area (Å²) in [6.07, 6.45) is 2.90. The Morgan fingerprint density at radius 3 is 2.10 bits per heavy atom. The van der Waals surface area contributed by atoms with Crippen LogP contribution in [-0.2, 0) is 15.9 Å². The maximum atomic E-state index is 13.7. The molecule has 7 atom stereocenters. The van der Waals surface area contributed by atoms with Gasteiger partial charge in [0, 0.05) is 17.8 Å². The molecule has 40 heavy (non-hydrogen) atoms. The van der Waals surface area contributed by atoms with Crippen molar-refractivity contribution in [3.05, 3.63) is 95.4 Å². The van der Waals surface area contributed by atoms with Crippen LogP contribution >= 0.6 is 0 Å². The largest absolute Gasteiger partial charge is 0.469 e. The Morgan fingerprint density at radius 2 is 1.48 bits per heavy atom. The number of carbonyl (C=O) groups is 2. The molecule has 0 amide bonds. The van der Waals surface area contributed by atoms with E-state index in [1.807, 2.05) is 18.2 Å². The highest BCUT2D eigenvalue weighted by molar-refractivity contribution is 5.90. The summed E-state index contributed by atoms with van der Waals surface area (Å²) in [4.78, 5) is 27.3. The summed E-state index contributed by atoms with van der Waals surface area (Å²) in [5, 5.41) is 13.1. The van der Waals surface area contributed by atoms with Crippen LogP contribution in [0.15, 0.2) is 77.4 Å². The second-order valence-corrected chi connectivity index (χ2v) is 12.8. The second-order valence-electron chi connectivity index (χ2n) is 12.8. The van der Waals surface area contributed by atoms with Crippen molar-refractivity contribution in [2.24, 2.45) is 22.7 Å². The number of hydrogen-bond acceptors (Lipinski definition) is 6. The Hall–Kier alpha value is -3.38. The van der Waals surface area contributed by atoms with Gasteiger partial charge in [0.25, 0.3) is 0 Å². The van der Waals surface area contributed by atoms with Crippen LogP contribution in [0.3, 0.4) is 0 Å². The first kappa shape index (κ1) is 26.8. The highest BCUT2D eigenvalue weighted by Crippen LogP contribution is 2.67. The third-order valence-corrected chi connectivity index (χ3v) is 10.5. The summed E-state index contributed by atoms with van der Waals surface area (Å²) in [5.74, 6) is -0.374. The van der Waals surface area contributed by atoms with Gasteiger partial charge in [-0.3, -0.25) is 0 Å². The third kappa shape index (κ3) is 3.87. The molecule has 0 radical (unpaired) electrons. The number of hydrogen-bond donors (Lipinski definition) is 1. The third-order valence-electron chi connectivity index (χ3n) is 10.5. The molecule has 0 aliphatic heterocycles. The molecule has 0 saturated heterocycles. The molecule has 6 heteroatoms. The van der Waals surface area contributed by atoms with Gasteiger partial charge in [0.05, 0.1) is 17.4 Å². The number of carbonyl (C=O) groups excluding carboxylic acids is 2. The molecular weight excluding hydrogens is 504 g/mol. The molecule has 2 aromatic carbocycles. The zero-order valence-electron chi connectivity index (χ0n) is 23.6. The number of ether oxygens (including phenoxy) is 2. The quantitative estimate of drug-likeness (QED) is 0.375. The van der Waals surface area contributed by atoms with E-state index in [1.165, 1.54) is 0 Å². The fourth-order valence-electron chi connectivity index (χ4n) is 8.46. The summed E-state index contributed by atoms with van der Waals surface area (Å²) < 4.78 is 18.7. The second kappa shape index (κ2) is 9.62. The SMILES string of the molecule is C[C@H]1c2ccoc2C[C@H]2[C@H]1[C@@H](OC(=O)c1ccccc1)[C@@H](OC(=O)c1ccccc1)[C@@]1(O)C(C)(C)CCC[C@]21C. The van der Waals surface area contributed by atoms with E-state index in [2.05, 4.69) is 27.7 Å². The molecule has 2 saturated carbocycles. The number of aliphatic hydroxyl groups is 1. The normalized spacial score (nSPS) is 34.1. The molecule has 6 rings (SSSR count). The number of benzene rings is 2. The molecule has 0 bridgehead atoms. The van der Waals surface area contributed by atoms with E-state index in [1.54, 1.807) is 54.8 Å². The predicted octanol–water partition coefficient (Wildman–Crippen LogP) is 6.58. The van der Waals surface area contributed by atoms with Crippen LogP contribution in [0.1, 0.15) is 84.9 Å². The van der Waals surface area contributed by atoms with Crippen molar-refractivity contribution in [3.63, 3.8) is 0 Å². The van der Waals surface area contributed by atoms with Gasteiger partial charge in [0.15, 0.2) is 6.10 Å². The lowest BCUT2D eigenvalue weighted by molar-refractivity contribution is -0.311. The van der Waals surface area contributed by atoms with Gasteiger partial charge in [-0.15, -0.1) is 0 Å². The fraction of sp³-hybridized carbons (Fsp3) is 0.471. The lowest BCUT2D eigenvalue weighted by Crippen LogP contribution is -2.77. The Kier molecular flexibility index (Phi) is 6.45. The number of esters is 2. The van der Waals surface area contributed by atoms with Crippen LogP contribution in [0.5, 0.6) is 0 Å². The van der Waals surface area contributed by atoms with Crippen molar-refractivity contribution in [2.75, 3.05) is 0 Å². The number of rotatable bonds is 4. The average molecular weight is 543 g/mol. The average Bonchev–Trinajstić information content (AvgIpc) is 3.43. The van der Waals surface area contributed by atoms with Crippen molar-refractivity contribution < 1.29 is 28.6 Å². The topological polar surface area (TPSA) is 86.0 Å². The molecule has 1 aromatic heterocycles. The van der Waals surface area contributed by atoms with E-state index < -0.39 is 40.6 Å². The maximum Gasteiger partial charge on any atom is 0.338 e. The lowest BCUT2D eigenvalue weighted by Gasteiger charge is -2.68. The van der Waals surface area contributed by atoms with Crippen molar-refractivity contribution in [1.29, 1.82) is 0 Å². The smallest absolute Gasteiger partial charge is 0.338 e. The van der Waals surface area contributed by atoms with Gasteiger partial charge >= 0.3 is 11.9 Å². The molecule has 3 aliphatic rings. The first-order chi connectivity index (χ1) is 19.1. The monoisotopic (exact) mass is 542 g/mol. The van der Waals surface area contributed by atoms with E-state index in [0.717, 1.165) is 30.6 Å². The minimum atomic E-state index is -1.46. The summed E-state index contributed by atoms with van der Waals surface area (Å²) in [6.45, 7) is 8.38. The van der Waals surface area contributed by atoms with Gasteiger partial charge in [0.1, 0.15) is 17.5 Å². The minimum Gasteiger partial charge on any atom is -0.469 e. The van der Waals surface area contributed by atoms with Crippen LogP contribution < -0.4 is 0 Å². The van der Waals surface area contributed by atoms with Crippen LogP contribution in [0.25, 0.3) is 0 Å². The lowest BCUT2D eigenvalue weighted by atomic mass is 9.40. The predicted molar refractivity (Wildman–Crippen MR) is 150 cm³/mol. The van der Waals surface area contributed by atoms with E-state index in [-0.39, 0.29) is 17.8 Å². The zero-order chi connectivity index (χ0) is 28.3. The molecule has 1 heterocycles. The van der Waals surface area contributed by atoms with Gasteiger partial charge in [0.2, 0.25) is 0 Å². The Morgan fingerprint density at radius 1 is 0.875 bits per heavy atom. The standard InChI is InChI=1S/C34H38O6/c1-21-24-16-19-38-26(24)20-25-27(21)28(39-30(35)22-12-7-5-8-13-22)29(40-31(36)23-14-9-6-10-15-23)34(37)32(2,3)17-11-18-33(25,34)4/h5-10,12-16,19,21,25,27-29,37H,11,17-18,20H2,1-4H3/t21-,25-,27-,28+,29+,33+,34+/m0/s1. The van der Waals surface area contributed by atoms with Crippen LogP contribution in [0.2, 0.25) is 0 Å². The maximum absolute atomic E-state index is 13.7. The van der Waals surface area contributed by atoms with Crippen LogP contribution in [0, 0.1) is 22.7 Å². The first-order valence-electron chi connectivity index (χ1n) is 14.4. The summed E-state index contributed by atoms with van der Waals surface area (Å²) in [5.41, 5.74) is -0.797. The molecule has 1 N–H and O–H groups in total. The van der Waals surface area contributed by atoms with Gasteiger partial charge < -0.3 is 19.0 Å². The van der Waals surface area contributed by atoms with E-state index >= 15 is 0 Å². The molecular formula is C34H38O6. The van der Waals surface area contributed by atoms with Crippen LogP contribution in [-0.4, -0.2) is 34.9 Å². The van der Waals surface area contributed by atoms with Gasteiger partial charge in [-0.05, 0) is 66.0 Å². The van der Waals surface area contributed by atoms with E-state index in [4.69, 9.17) is 13.9 Å². The highest BCUT2D eigenvalue weighted by Gasteiger charge is 2.74. The van der Waals surface area contributed by atoms with Crippen molar-refractivity contribution in [2.45, 2.75) is 77.1 Å². The number of fused-ring (bicyclic) bond motifs is 4. The van der Waals surface area contributed by atoms with Gasteiger partial charge in [-0.1, -0.05) is 70.5 Å². The fourth-order valence-corrected chi connectivity index (χ4v) is 8.46. The Balaban J connectivity index is 1.52. The zero-order valence-corrected chi connectivity index (χ0v) is 23.6. The van der Waals surface area contributed by atoms with Crippen LogP contribution in [0.4, 0.5) is 0 Å². The molecule has 0 unspecified atom stereocenters. The summed E-state index contributed by atoms with van der Waals surface area (Å²) in [6, 6.07) is 19.7. The highest BCUT2D eigenvalue weighted by atomic mass is 16.6. The van der Waals surface area contributed by atoms with E-state index in [9.17, 15) is 14.7 Å². The summed E-state index contributed by atoms with van der Waals surface area (Å²) in [7, 11) is 0. The molecule has 0 spiro atoms. The van der Waals surface area contributed by atoms with Crippen molar-refractivity contribution in [1.82, 2.24) is 0 Å². The van der Waals surface area contributed by atoms with Gasteiger partial charge in [-0.2, -0.15) is 0 Å². The molecule has 3 aliphatic carbocycles. The minimum absolute atomic E-state index is 0.0367. The Bertz CT molecular complexity index is 1390. The first-order valence-corrected chi connectivity index (χ1v) is 14.4. The molecule has 2 fully saturated rings. The molecule has 210 valence electrons.